The summed E-state index contributed by atoms with van der Waals surface area (Å²) in [5.41, 5.74) is 1.20. The second kappa shape index (κ2) is 5.34. The molecule has 1 N–H and O–H groups in total. The minimum atomic E-state index is 0.0469. The van der Waals surface area contributed by atoms with Crippen LogP contribution in [-0.4, -0.2) is 48.3 Å². The van der Waals surface area contributed by atoms with E-state index >= 15 is 0 Å². The molecule has 1 atom stereocenters. The molecule has 0 aliphatic carbocycles. The van der Waals surface area contributed by atoms with Crippen LogP contribution in [0.5, 0.6) is 0 Å². The molecular formula is C14H21N3O. The van der Waals surface area contributed by atoms with Crippen molar-refractivity contribution < 1.29 is 4.74 Å². The van der Waals surface area contributed by atoms with Gasteiger partial charge < -0.3 is 10.1 Å². The van der Waals surface area contributed by atoms with Gasteiger partial charge in [-0.05, 0) is 31.5 Å². The van der Waals surface area contributed by atoms with Crippen LogP contribution in [-0.2, 0) is 11.3 Å². The van der Waals surface area contributed by atoms with Crippen LogP contribution in [0.3, 0.4) is 0 Å². The van der Waals surface area contributed by atoms with Crippen molar-refractivity contribution in [2.24, 2.45) is 0 Å². The van der Waals surface area contributed by atoms with E-state index in [0.29, 0.717) is 0 Å². The Bertz CT molecular complexity index is 370. The van der Waals surface area contributed by atoms with E-state index in [2.05, 4.69) is 27.3 Å². The van der Waals surface area contributed by atoms with Crippen LogP contribution in [0.1, 0.15) is 18.5 Å². The number of pyridine rings is 1. The number of hydrogen-bond donors (Lipinski definition) is 1. The average Bonchev–Trinajstić information content (AvgIpc) is 2.41. The number of nitrogens with one attached hydrogen (secondary N) is 1. The average molecular weight is 247 g/mol. The number of hydrogen-bond acceptors (Lipinski definition) is 4. The second-order valence-corrected chi connectivity index (χ2v) is 5.34. The van der Waals surface area contributed by atoms with Crippen LogP contribution in [0.4, 0.5) is 0 Å². The first-order chi connectivity index (χ1) is 8.86. The number of aromatic nitrogens is 1. The van der Waals surface area contributed by atoms with Crippen LogP contribution in [0.2, 0.25) is 0 Å². The smallest absolute Gasteiger partial charge is 0.0933 e. The molecule has 0 aromatic carbocycles. The minimum absolute atomic E-state index is 0.0469. The molecule has 18 heavy (non-hydrogen) atoms. The molecule has 0 radical (unpaired) electrons. The van der Waals surface area contributed by atoms with E-state index in [9.17, 15) is 0 Å². The minimum Gasteiger partial charge on any atom is -0.371 e. The third-order valence-electron chi connectivity index (χ3n) is 3.86. The SMILES string of the molecule is c1ccc(CN2CCC[C@@]3(CNCCO3)C2)nc1. The zero-order valence-electron chi connectivity index (χ0n) is 10.8. The molecule has 0 amide bonds. The molecule has 1 aromatic heterocycles. The summed E-state index contributed by atoms with van der Waals surface area (Å²) >= 11 is 0. The highest BCUT2D eigenvalue weighted by atomic mass is 16.5. The molecule has 3 heterocycles. The highest BCUT2D eigenvalue weighted by Crippen LogP contribution is 2.26. The number of nitrogens with zero attached hydrogens (tertiary/aromatic N) is 2. The van der Waals surface area contributed by atoms with Crippen molar-refractivity contribution in [3.63, 3.8) is 0 Å². The number of ether oxygens (including phenoxy) is 1. The number of rotatable bonds is 2. The third kappa shape index (κ3) is 2.71. The largest absolute Gasteiger partial charge is 0.371 e. The Labute approximate surface area is 108 Å². The molecule has 1 aromatic rings. The Balaban J connectivity index is 1.63. The highest BCUT2D eigenvalue weighted by Gasteiger charge is 2.37. The van der Waals surface area contributed by atoms with Crippen LogP contribution in [0.15, 0.2) is 24.4 Å². The second-order valence-electron chi connectivity index (χ2n) is 5.34. The van der Waals surface area contributed by atoms with Crippen molar-refractivity contribution in [3.05, 3.63) is 30.1 Å². The van der Waals surface area contributed by atoms with Gasteiger partial charge in [0.2, 0.25) is 0 Å². The molecule has 98 valence electrons. The topological polar surface area (TPSA) is 37.4 Å². The van der Waals surface area contributed by atoms with Crippen molar-refractivity contribution in [1.82, 2.24) is 15.2 Å². The van der Waals surface area contributed by atoms with Crippen LogP contribution < -0.4 is 5.32 Å². The highest BCUT2D eigenvalue weighted by molar-refractivity contribution is 5.04. The van der Waals surface area contributed by atoms with Gasteiger partial charge in [-0.1, -0.05) is 6.07 Å². The van der Waals surface area contributed by atoms with Crippen LogP contribution in [0, 0.1) is 0 Å². The third-order valence-corrected chi connectivity index (χ3v) is 3.86. The Morgan fingerprint density at radius 2 is 2.44 bits per heavy atom. The van der Waals surface area contributed by atoms with Gasteiger partial charge in [-0.25, -0.2) is 0 Å². The quantitative estimate of drug-likeness (QED) is 0.847. The van der Waals surface area contributed by atoms with Crippen molar-refractivity contribution in [3.8, 4) is 0 Å². The van der Waals surface area contributed by atoms with E-state index in [4.69, 9.17) is 4.74 Å². The van der Waals surface area contributed by atoms with Crippen molar-refractivity contribution >= 4 is 0 Å². The zero-order chi connectivity index (χ0) is 12.3. The maximum Gasteiger partial charge on any atom is 0.0933 e. The molecule has 4 nitrogen and oxygen atoms in total. The number of likely N-dealkylation sites (tertiary alicyclic amines) is 1. The van der Waals surface area contributed by atoms with E-state index in [1.807, 2.05) is 12.3 Å². The van der Waals surface area contributed by atoms with Gasteiger partial charge in [-0.3, -0.25) is 9.88 Å². The normalized spacial score (nSPS) is 29.6. The van der Waals surface area contributed by atoms with Gasteiger partial charge in [0, 0.05) is 32.4 Å². The summed E-state index contributed by atoms with van der Waals surface area (Å²) in [5, 5.41) is 3.46. The summed E-state index contributed by atoms with van der Waals surface area (Å²) in [7, 11) is 0. The molecule has 3 rings (SSSR count). The first-order valence-corrected chi connectivity index (χ1v) is 6.83. The molecule has 0 bridgehead atoms. The van der Waals surface area contributed by atoms with Gasteiger partial charge in [-0.15, -0.1) is 0 Å². The monoisotopic (exact) mass is 247 g/mol. The first-order valence-electron chi connectivity index (χ1n) is 6.83. The lowest BCUT2D eigenvalue weighted by Crippen LogP contribution is -2.58. The molecule has 2 aliphatic rings. The molecule has 1 spiro atoms. The summed E-state index contributed by atoms with van der Waals surface area (Å²) in [6, 6.07) is 6.12. The molecule has 2 fully saturated rings. The summed E-state index contributed by atoms with van der Waals surface area (Å²) < 4.78 is 6.05. The summed E-state index contributed by atoms with van der Waals surface area (Å²) in [6.45, 7) is 5.94. The first kappa shape index (κ1) is 12.1. The lowest BCUT2D eigenvalue weighted by Gasteiger charge is -2.45. The maximum absolute atomic E-state index is 6.05. The molecule has 4 heteroatoms. The van der Waals surface area contributed by atoms with Gasteiger partial charge in [0.25, 0.3) is 0 Å². The van der Waals surface area contributed by atoms with Gasteiger partial charge in [0.15, 0.2) is 0 Å². The fourth-order valence-electron chi connectivity index (χ4n) is 3.02. The molecule has 0 unspecified atom stereocenters. The van der Waals surface area contributed by atoms with Gasteiger partial charge in [0.05, 0.1) is 17.9 Å². The zero-order valence-corrected chi connectivity index (χ0v) is 10.8. The van der Waals surface area contributed by atoms with E-state index in [1.165, 1.54) is 12.8 Å². The van der Waals surface area contributed by atoms with E-state index in [-0.39, 0.29) is 5.60 Å². The fourth-order valence-corrected chi connectivity index (χ4v) is 3.02. The lowest BCUT2D eigenvalue weighted by molar-refractivity contribution is -0.107. The van der Waals surface area contributed by atoms with Crippen LogP contribution >= 0.6 is 0 Å². The van der Waals surface area contributed by atoms with E-state index in [0.717, 1.165) is 45.0 Å². The lowest BCUT2D eigenvalue weighted by atomic mass is 9.91. The molecular weight excluding hydrogens is 226 g/mol. The molecule has 2 saturated heterocycles. The fraction of sp³-hybridized carbons (Fsp3) is 0.643. The standard InChI is InChI=1S/C14H21N3O/c1-2-6-16-13(4-1)10-17-8-3-5-14(12-17)11-15-7-9-18-14/h1-2,4,6,15H,3,5,7-12H2/t14-/m1/s1. The molecule has 2 aliphatic heterocycles. The summed E-state index contributed by atoms with van der Waals surface area (Å²) in [4.78, 5) is 6.88. The Hall–Kier alpha value is -0.970. The van der Waals surface area contributed by atoms with E-state index in [1.54, 1.807) is 0 Å². The Kier molecular flexibility index (Phi) is 3.59. The van der Waals surface area contributed by atoms with Crippen molar-refractivity contribution in [2.75, 3.05) is 32.8 Å². The predicted molar refractivity (Wildman–Crippen MR) is 70.3 cm³/mol. The van der Waals surface area contributed by atoms with Crippen LogP contribution in [0.25, 0.3) is 0 Å². The summed E-state index contributed by atoms with van der Waals surface area (Å²) in [6.07, 6.45) is 4.26. The number of morpholine rings is 1. The molecule has 0 saturated carbocycles. The van der Waals surface area contributed by atoms with Crippen molar-refractivity contribution in [1.29, 1.82) is 0 Å². The van der Waals surface area contributed by atoms with Gasteiger partial charge in [0.1, 0.15) is 0 Å². The summed E-state index contributed by atoms with van der Waals surface area (Å²) in [5.74, 6) is 0. The Morgan fingerprint density at radius 3 is 3.22 bits per heavy atom. The van der Waals surface area contributed by atoms with Crippen molar-refractivity contribution in [2.45, 2.75) is 25.0 Å². The van der Waals surface area contributed by atoms with Gasteiger partial charge in [-0.2, -0.15) is 0 Å². The number of piperidine rings is 1. The predicted octanol–water partition coefficient (Wildman–Crippen LogP) is 1.04. The van der Waals surface area contributed by atoms with Gasteiger partial charge >= 0.3 is 0 Å². The Morgan fingerprint density at radius 1 is 1.44 bits per heavy atom. The van der Waals surface area contributed by atoms with E-state index < -0.39 is 0 Å². The maximum atomic E-state index is 6.05.